The van der Waals surface area contributed by atoms with Gasteiger partial charge in [-0.25, -0.2) is 0 Å². The van der Waals surface area contributed by atoms with E-state index < -0.39 is 47.7 Å². The van der Waals surface area contributed by atoms with Crippen LogP contribution in [0.5, 0.6) is 0 Å². The van der Waals surface area contributed by atoms with Gasteiger partial charge in [-0.3, -0.25) is 19.2 Å². The number of rotatable bonds is 6. The number of allylic oxidation sites excluding steroid dienone is 1. The molecule has 0 aromatic heterocycles. The fraction of sp³-hybridized carbons (Fsp3) is 0.429. The summed E-state index contributed by atoms with van der Waals surface area (Å²) in [6.07, 6.45) is 4.77. The van der Waals surface area contributed by atoms with Crippen molar-refractivity contribution >= 4 is 39.6 Å². The maximum absolute atomic E-state index is 14.7. The number of hydrogen-bond donors (Lipinski definition) is 2. The highest BCUT2D eigenvalue weighted by molar-refractivity contribution is 9.11. The van der Waals surface area contributed by atoms with Gasteiger partial charge in [-0.2, -0.15) is 0 Å². The standard InChI is InChI=1S/C35H38BrN3O7/c1-22-29(24-14-7-3-8-15-24)45-34(44)27-28-32(42)39(18-11-19-40)31(35(28)20-25(36)30(27)46-35)33(43)38(21-23-12-5-2-6-13-23)17-10-4-9-16-26(41)37-22/h2-8,10,12-15,20,22,27-31,40H,9,11,16-19,21H2,1H3,(H,37,41)/b10-4-/t22-,27+,28-,29+,30+,31+,35-/m1/s1. The lowest BCUT2D eigenvalue weighted by molar-refractivity contribution is -0.161. The molecule has 4 aliphatic rings. The third-order valence-electron chi connectivity index (χ3n) is 9.26. The Morgan fingerprint density at radius 3 is 2.41 bits per heavy atom. The summed E-state index contributed by atoms with van der Waals surface area (Å²) in [6, 6.07) is 17.1. The summed E-state index contributed by atoms with van der Waals surface area (Å²) in [4.78, 5) is 59.3. The number of nitrogens with zero attached hydrogens (tertiary/aromatic N) is 2. The van der Waals surface area contributed by atoms with Crippen LogP contribution in [0.25, 0.3) is 0 Å². The molecule has 5 bridgehead atoms. The molecule has 2 aromatic rings. The van der Waals surface area contributed by atoms with Crippen LogP contribution in [-0.2, 0) is 35.2 Å². The van der Waals surface area contributed by atoms with Crippen molar-refractivity contribution in [3.05, 3.63) is 94.5 Å². The molecule has 2 saturated heterocycles. The van der Waals surface area contributed by atoms with E-state index in [9.17, 15) is 24.3 Å². The van der Waals surface area contributed by atoms with Crippen molar-refractivity contribution in [1.29, 1.82) is 0 Å². The zero-order valence-electron chi connectivity index (χ0n) is 25.6. The summed E-state index contributed by atoms with van der Waals surface area (Å²) in [5.41, 5.74) is 0.193. The summed E-state index contributed by atoms with van der Waals surface area (Å²) in [6.45, 7) is 2.25. The normalized spacial score (nSPS) is 32.2. The second kappa shape index (κ2) is 13.5. The molecule has 242 valence electrons. The van der Waals surface area contributed by atoms with E-state index in [1.807, 2.05) is 72.8 Å². The van der Waals surface area contributed by atoms with E-state index in [4.69, 9.17) is 9.47 Å². The van der Waals surface area contributed by atoms with Crippen molar-refractivity contribution in [2.45, 2.75) is 62.6 Å². The van der Waals surface area contributed by atoms with Crippen molar-refractivity contribution in [1.82, 2.24) is 15.1 Å². The molecule has 3 amide bonds. The zero-order chi connectivity index (χ0) is 32.4. The molecule has 0 aliphatic carbocycles. The van der Waals surface area contributed by atoms with E-state index in [0.717, 1.165) is 5.56 Å². The summed E-state index contributed by atoms with van der Waals surface area (Å²) in [5, 5.41) is 12.7. The smallest absolute Gasteiger partial charge is 0.313 e. The molecule has 46 heavy (non-hydrogen) atoms. The van der Waals surface area contributed by atoms with Crippen molar-refractivity contribution in [3.63, 3.8) is 0 Å². The number of amides is 3. The number of aliphatic hydroxyl groups excluding tert-OH is 1. The minimum Gasteiger partial charge on any atom is -0.455 e. The van der Waals surface area contributed by atoms with E-state index in [-0.39, 0.29) is 56.8 Å². The highest BCUT2D eigenvalue weighted by Crippen LogP contribution is 2.59. The Bertz CT molecular complexity index is 1530. The average molecular weight is 693 g/mol. The third-order valence-corrected chi connectivity index (χ3v) is 9.94. The van der Waals surface area contributed by atoms with Crippen LogP contribution in [0, 0.1) is 11.8 Å². The molecule has 11 heteroatoms. The summed E-state index contributed by atoms with van der Waals surface area (Å²) in [7, 11) is 0. The first kappa shape index (κ1) is 32.2. The van der Waals surface area contributed by atoms with Gasteiger partial charge in [0, 0.05) is 37.1 Å². The number of halogens is 1. The van der Waals surface area contributed by atoms with Crippen molar-refractivity contribution in [3.8, 4) is 0 Å². The maximum atomic E-state index is 14.7. The minimum atomic E-state index is -1.41. The number of hydrogen-bond acceptors (Lipinski definition) is 7. The Balaban J connectivity index is 1.43. The molecule has 10 nitrogen and oxygen atoms in total. The Morgan fingerprint density at radius 1 is 0.978 bits per heavy atom. The fourth-order valence-corrected chi connectivity index (χ4v) is 7.93. The van der Waals surface area contributed by atoms with Crippen LogP contribution in [0.4, 0.5) is 0 Å². The number of esters is 1. The lowest BCUT2D eigenvalue weighted by atomic mass is 9.74. The van der Waals surface area contributed by atoms with E-state index in [1.165, 1.54) is 4.90 Å². The number of cyclic esters (lactones) is 1. The van der Waals surface area contributed by atoms with Gasteiger partial charge in [0.05, 0.1) is 12.0 Å². The second-order valence-electron chi connectivity index (χ2n) is 12.3. The van der Waals surface area contributed by atoms with Crippen LogP contribution in [0.3, 0.4) is 0 Å². The third kappa shape index (κ3) is 5.91. The SMILES string of the molecule is C[C@H]1NC(=O)CC/C=C\CN(Cc2ccccc2)C(=O)[C@@H]2N(CCCO)C(=O)[C@H]3[C@H](C(=O)O[C@@H]1c1ccccc1)[C@H]1O[C@@]23C=C1Br. The van der Waals surface area contributed by atoms with E-state index in [1.54, 1.807) is 17.9 Å². The molecular formula is C35H38BrN3O7. The van der Waals surface area contributed by atoms with Gasteiger partial charge in [0.15, 0.2) is 0 Å². The van der Waals surface area contributed by atoms with E-state index >= 15 is 0 Å². The Labute approximate surface area is 276 Å². The number of benzene rings is 2. The summed E-state index contributed by atoms with van der Waals surface area (Å²) in [5.74, 6) is -3.60. The highest BCUT2D eigenvalue weighted by Gasteiger charge is 2.74. The topological polar surface area (TPSA) is 125 Å². The molecule has 1 spiro atoms. The number of ether oxygens (including phenoxy) is 2. The lowest BCUT2D eigenvalue weighted by Gasteiger charge is -2.36. The molecule has 7 atom stereocenters. The molecule has 2 fully saturated rings. The van der Waals surface area contributed by atoms with Crippen LogP contribution in [0.1, 0.15) is 43.4 Å². The monoisotopic (exact) mass is 691 g/mol. The minimum absolute atomic E-state index is 0.121. The first-order valence-electron chi connectivity index (χ1n) is 15.7. The first-order valence-corrected chi connectivity index (χ1v) is 16.5. The molecular weight excluding hydrogens is 654 g/mol. The number of fused-ring (bicyclic) bond motifs is 2. The van der Waals surface area contributed by atoms with Crippen LogP contribution >= 0.6 is 15.9 Å². The average Bonchev–Trinajstić information content (AvgIpc) is 3.64. The molecule has 6 rings (SSSR count). The Hall–Kier alpha value is -3.80. The lowest BCUT2D eigenvalue weighted by Crippen LogP contribution is -2.55. The predicted octanol–water partition coefficient (Wildman–Crippen LogP) is 3.41. The zero-order valence-corrected chi connectivity index (χ0v) is 27.2. The molecule has 0 saturated carbocycles. The van der Waals surface area contributed by atoms with Gasteiger partial charge in [0.2, 0.25) is 17.7 Å². The Kier molecular flexibility index (Phi) is 9.44. The van der Waals surface area contributed by atoms with Gasteiger partial charge >= 0.3 is 5.97 Å². The van der Waals surface area contributed by atoms with Crippen LogP contribution in [-0.4, -0.2) is 82.1 Å². The fourth-order valence-electron chi connectivity index (χ4n) is 7.20. The number of aliphatic hydroxyl groups is 1. The van der Waals surface area contributed by atoms with Gasteiger partial charge in [-0.1, -0.05) is 88.7 Å². The largest absolute Gasteiger partial charge is 0.455 e. The quantitative estimate of drug-likeness (QED) is 0.351. The number of carbonyl (C=O) groups is 4. The van der Waals surface area contributed by atoms with Gasteiger partial charge in [0.25, 0.3) is 0 Å². The summed E-state index contributed by atoms with van der Waals surface area (Å²) < 4.78 is 13.3. The summed E-state index contributed by atoms with van der Waals surface area (Å²) >= 11 is 3.58. The molecule has 0 radical (unpaired) electrons. The maximum Gasteiger partial charge on any atom is 0.313 e. The van der Waals surface area contributed by atoms with Crippen molar-refractivity contribution in [2.75, 3.05) is 19.7 Å². The van der Waals surface area contributed by atoms with E-state index in [0.29, 0.717) is 16.5 Å². The molecule has 2 N–H and O–H groups in total. The predicted molar refractivity (Wildman–Crippen MR) is 172 cm³/mol. The number of nitrogens with one attached hydrogen (secondary N) is 1. The van der Waals surface area contributed by atoms with Gasteiger partial charge in [-0.15, -0.1) is 0 Å². The molecule has 2 aromatic carbocycles. The highest BCUT2D eigenvalue weighted by atomic mass is 79.9. The van der Waals surface area contributed by atoms with Crippen molar-refractivity contribution < 1.29 is 33.8 Å². The molecule has 4 heterocycles. The number of likely N-dealkylation sites (tertiary alicyclic amines) is 1. The first-order chi connectivity index (χ1) is 22.2. The van der Waals surface area contributed by atoms with Crippen molar-refractivity contribution in [2.24, 2.45) is 11.8 Å². The van der Waals surface area contributed by atoms with Crippen LogP contribution < -0.4 is 5.32 Å². The molecule has 0 unspecified atom stereocenters. The van der Waals surface area contributed by atoms with E-state index in [2.05, 4.69) is 21.2 Å². The number of carbonyl (C=O) groups excluding carboxylic acids is 4. The second-order valence-corrected chi connectivity index (χ2v) is 13.2. The van der Waals surface area contributed by atoms with Crippen LogP contribution in [0.15, 0.2) is 83.4 Å². The Morgan fingerprint density at radius 2 is 1.70 bits per heavy atom. The van der Waals surface area contributed by atoms with Gasteiger partial charge in [0.1, 0.15) is 29.8 Å². The van der Waals surface area contributed by atoms with Gasteiger partial charge in [-0.05, 0) is 37.0 Å². The van der Waals surface area contributed by atoms with Gasteiger partial charge < -0.3 is 29.7 Å². The van der Waals surface area contributed by atoms with Crippen LogP contribution in [0.2, 0.25) is 0 Å². The molecule has 4 aliphatic heterocycles.